The minimum atomic E-state index is -0.426. The van der Waals surface area contributed by atoms with Gasteiger partial charge in [-0.3, -0.25) is 0 Å². The van der Waals surface area contributed by atoms with Gasteiger partial charge in [-0.05, 0) is 25.8 Å². The molecule has 0 spiro atoms. The van der Waals surface area contributed by atoms with E-state index in [0.717, 1.165) is 25.2 Å². The lowest BCUT2D eigenvalue weighted by Crippen LogP contribution is -2.12. The first-order valence-corrected chi connectivity index (χ1v) is 3.31. The number of hydrogen-bond donors (Lipinski definition) is 1. The summed E-state index contributed by atoms with van der Waals surface area (Å²) in [5.41, 5.74) is 0. The van der Waals surface area contributed by atoms with Gasteiger partial charge < -0.3 is 9.84 Å². The van der Waals surface area contributed by atoms with Crippen molar-refractivity contribution in [2.45, 2.75) is 25.9 Å². The summed E-state index contributed by atoms with van der Waals surface area (Å²) < 4.78 is 5.15. The summed E-state index contributed by atoms with van der Waals surface area (Å²) in [6.45, 7) is 2.48. The van der Waals surface area contributed by atoms with Crippen LogP contribution in [0.4, 0.5) is 0 Å². The predicted octanol–water partition coefficient (Wildman–Crippen LogP) is 1.06. The van der Waals surface area contributed by atoms with Gasteiger partial charge in [0, 0.05) is 0 Å². The molecule has 1 rings (SSSR count). The van der Waals surface area contributed by atoms with Crippen LogP contribution < -0.4 is 0 Å². The van der Waals surface area contributed by atoms with Crippen LogP contribution in [0.1, 0.15) is 19.8 Å². The molecule has 0 fully saturated rings. The molecule has 2 nitrogen and oxygen atoms in total. The minimum Gasteiger partial charge on any atom is -0.496 e. The maximum absolute atomic E-state index is 8.98. The zero-order valence-electron chi connectivity index (χ0n) is 5.63. The fraction of sp³-hybridized carbons (Fsp3) is 0.714. The smallest absolute Gasteiger partial charge is 0.120 e. The third-order valence-corrected chi connectivity index (χ3v) is 1.37. The summed E-state index contributed by atoms with van der Waals surface area (Å²) in [5, 5.41) is 8.98. The molecule has 0 aromatic rings. The second-order valence-corrected chi connectivity index (χ2v) is 2.27. The molecule has 1 N–H and O–H groups in total. The molecular weight excluding hydrogens is 116 g/mol. The molecular formula is C7H12O2. The van der Waals surface area contributed by atoms with E-state index in [1.54, 1.807) is 6.92 Å². The van der Waals surface area contributed by atoms with Gasteiger partial charge in [0.25, 0.3) is 0 Å². The van der Waals surface area contributed by atoms with Gasteiger partial charge in [-0.1, -0.05) is 0 Å². The summed E-state index contributed by atoms with van der Waals surface area (Å²) in [5.74, 6) is 0.737. The summed E-state index contributed by atoms with van der Waals surface area (Å²) in [7, 11) is 0. The van der Waals surface area contributed by atoms with Crippen LogP contribution in [0.2, 0.25) is 0 Å². The second kappa shape index (κ2) is 2.87. The SMILES string of the molecule is C[C@@H](O)C1=CCCCO1. The molecule has 0 saturated carbocycles. The zero-order chi connectivity index (χ0) is 6.69. The molecule has 1 aliphatic heterocycles. The molecule has 0 aromatic carbocycles. The van der Waals surface area contributed by atoms with Crippen molar-refractivity contribution in [1.29, 1.82) is 0 Å². The maximum atomic E-state index is 8.98. The third-order valence-electron chi connectivity index (χ3n) is 1.37. The van der Waals surface area contributed by atoms with Crippen molar-refractivity contribution in [2.75, 3.05) is 6.61 Å². The van der Waals surface area contributed by atoms with E-state index in [1.807, 2.05) is 6.08 Å². The topological polar surface area (TPSA) is 29.5 Å². The van der Waals surface area contributed by atoms with E-state index in [2.05, 4.69) is 0 Å². The van der Waals surface area contributed by atoms with Crippen LogP contribution in [0.3, 0.4) is 0 Å². The van der Waals surface area contributed by atoms with Gasteiger partial charge in [-0.25, -0.2) is 0 Å². The van der Waals surface area contributed by atoms with Crippen LogP contribution in [0.25, 0.3) is 0 Å². The number of ether oxygens (including phenoxy) is 1. The van der Waals surface area contributed by atoms with Crippen LogP contribution in [-0.2, 0) is 4.74 Å². The molecule has 0 saturated heterocycles. The third kappa shape index (κ3) is 1.72. The van der Waals surface area contributed by atoms with Crippen molar-refractivity contribution >= 4 is 0 Å². The number of rotatable bonds is 1. The summed E-state index contributed by atoms with van der Waals surface area (Å²) in [6.07, 6.45) is 3.65. The Hall–Kier alpha value is -0.500. The quantitative estimate of drug-likeness (QED) is 0.572. The first-order chi connectivity index (χ1) is 4.30. The second-order valence-electron chi connectivity index (χ2n) is 2.27. The summed E-state index contributed by atoms with van der Waals surface area (Å²) >= 11 is 0. The molecule has 0 unspecified atom stereocenters. The lowest BCUT2D eigenvalue weighted by atomic mass is 10.2. The molecule has 1 atom stereocenters. The first-order valence-electron chi connectivity index (χ1n) is 3.31. The summed E-state index contributed by atoms with van der Waals surface area (Å²) in [4.78, 5) is 0. The largest absolute Gasteiger partial charge is 0.496 e. The van der Waals surface area contributed by atoms with E-state index in [1.165, 1.54) is 0 Å². The normalized spacial score (nSPS) is 22.2. The van der Waals surface area contributed by atoms with Crippen LogP contribution >= 0.6 is 0 Å². The van der Waals surface area contributed by atoms with Gasteiger partial charge >= 0.3 is 0 Å². The molecule has 2 heteroatoms. The van der Waals surface area contributed by atoms with Crippen LogP contribution in [0, 0.1) is 0 Å². The van der Waals surface area contributed by atoms with Crippen molar-refractivity contribution in [3.8, 4) is 0 Å². The first kappa shape index (κ1) is 6.62. The van der Waals surface area contributed by atoms with Crippen molar-refractivity contribution in [2.24, 2.45) is 0 Å². The highest BCUT2D eigenvalue weighted by Gasteiger charge is 2.08. The highest BCUT2D eigenvalue weighted by atomic mass is 16.5. The molecule has 1 heterocycles. The Morgan fingerprint density at radius 2 is 2.56 bits per heavy atom. The summed E-state index contributed by atoms with van der Waals surface area (Å²) in [6, 6.07) is 0. The fourth-order valence-corrected chi connectivity index (χ4v) is 0.868. The van der Waals surface area contributed by atoms with Crippen molar-refractivity contribution in [3.05, 3.63) is 11.8 Å². The Labute approximate surface area is 55.1 Å². The maximum Gasteiger partial charge on any atom is 0.120 e. The van der Waals surface area contributed by atoms with Crippen LogP contribution in [0.5, 0.6) is 0 Å². The van der Waals surface area contributed by atoms with Crippen molar-refractivity contribution in [1.82, 2.24) is 0 Å². The molecule has 0 aromatic heterocycles. The Bertz CT molecular complexity index is 116. The minimum absolute atomic E-state index is 0.426. The highest BCUT2D eigenvalue weighted by Crippen LogP contribution is 2.12. The van der Waals surface area contributed by atoms with E-state index in [0.29, 0.717) is 0 Å². The number of aliphatic hydroxyl groups is 1. The van der Waals surface area contributed by atoms with Crippen LogP contribution in [-0.4, -0.2) is 17.8 Å². The van der Waals surface area contributed by atoms with Crippen molar-refractivity contribution < 1.29 is 9.84 Å². The van der Waals surface area contributed by atoms with E-state index in [4.69, 9.17) is 9.84 Å². The monoisotopic (exact) mass is 128 g/mol. The average Bonchev–Trinajstić information content (AvgIpc) is 1.90. The number of hydrogen-bond acceptors (Lipinski definition) is 2. The van der Waals surface area contributed by atoms with E-state index in [-0.39, 0.29) is 0 Å². The van der Waals surface area contributed by atoms with Gasteiger partial charge in [0.1, 0.15) is 11.9 Å². The number of allylic oxidation sites excluding steroid dienone is 1. The van der Waals surface area contributed by atoms with E-state index < -0.39 is 6.10 Å². The van der Waals surface area contributed by atoms with Crippen molar-refractivity contribution in [3.63, 3.8) is 0 Å². The highest BCUT2D eigenvalue weighted by molar-refractivity contribution is 5.00. The molecule has 0 bridgehead atoms. The Kier molecular flexibility index (Phi) is 2.11. The standard InChI is InChI=1S/C7H12O2/c1-6(8)7-4-2-3-5-9-7/h4,6,8H,2-3,5H2,1H3/t6-/m1/s1. The molecule has 1 aliphatic rings. The Balaban J connectivity index is 2.46. The average molecular weight is 128 g/mol. The van der Waals surface area contributed by atoms with Gasteiger partial charge in [0.05, 0.1) is 6.61 Å². The van der Waals surface area contributed by atoms with Crippen LogP contribution in [0.15, 0.2) is 11.8 Å². The molecule has 0 amide bonds. The lowest BCUT2D eigenvalue weighted by molar-refractivity contribution is 0.102. The molecule has 0 aliphatic carbocycles. The van der Waals surface area contributed by atoms with Gasteiger partial charge in [0.2, 0.25) is 0 Å². The molecule has 9 heavy (non-hydrogen) atoms. The fourth-order valence-electron chi connectivity index (χ4n) is 0.868. The van der Waals surface area contributed by atoms with E-state index >= 15 is 0 Å². The van der Waals surface area contributed by atoms with E-state index in [9.17, 15) is 0 Å². The predicted molar refractivity (Wildman–Crippen MR) is 34.9 cm³/mol. The number of aliphatic hydroxyl groups excluding tert-OH is 1. The van der Waals surface area contributed by atoms with Gasteiger partial charge in [-0.15, -0.1) is 0 Å². The van der Waals surface area contributed by atoms with Gasteiger partial charge in [-0.2, -0.15) is 0 Å². The molecule has 0 radical (unpaired) electrons. The lowest BCUT2D eigenvalue weighted by Gasteiger charge is -2.16. The Morgan fingerprint density at radius 1 is 1.78 bits per heavy atom. The zero-order valence-corrected chi connectivity index (χ0v) is 5.63. The Morgan fingerprint density at radius 3 is 2.89 bits per heavy atom. The molecule has 52 valence electrons. The van der Waals surface area contributed by atoms with Gasteiger partial charge in [0.15, 0.2) is 0 Å².